The van der Waals surface area contributed by atoms with Crippen molar-refractivity contribution in [1.29, 1.82) is 0 Å². The molecular weight excluding hydrogens is 292 g/mol. The highest BCUT2D eigenvalue weighted by atomic mass is 16.6. The fourth-order valence-corrected chi connectivity index (χ4v) is 2.40. The van der Waals surface area contributed by atoms with Crippen molar-refractivity contribution in [2.45, 2.75) is 53.2 Å². The number of nitrogens with zero attached hydrogens (tertiary/aromatic N) is 1. The lowest BCUT2D eigenvalue weighted by molar-refractivity contribution is 0.0508. The van der Waals surface area contributed by atoms with Crippen LogP contribution >= 0.6 is 0 Å². The van der Waals surface area contributed by atoms with Crippen LogP contribution in [0.15, 0.2) is 28.8 Å². The zero-order chi connectivity index (χ0) is 17.2. The molecular formula is C18H24N2O3. The van der Waals surface area contributed by atoms with Crippen molar-refractivity contribution >= 4 is 6.09 Å². The van der Waals surface area contributed by atoms with Crippen LogP contribution in [-0.2, 0) is 4.74 Å². The standard InChI is InChI=1S/C18H24N2O3/c1-11(19-17(21)22-18(4,5)6)14-7-9-15(10-8-14)16-12(2)20-23-13(16)3/h7-11H,1-6H3,(H,19,21)/t11-/m1/s1. The Morgan fingerprint density at radius 2 is 1.83 bits per heavy atom. The second-order valence-corrected chi connectivity index (χ2v) is 6.69. The maximum Gasteiger partial charge on any atom is 0.408 e. The average molecular weight is 316 g/mol. The van der Waals surface area contributed by atoms with Gasteiger partial charge in [-0.2, -0.15) is 0 Å². The summed E-state index contributed by atoms with van der Waals surface area (Å²) < 4.78 is 10.5. The Morgan fingerprint density at radius 1 is 1.22 bits per heavy atom. The van der Waals surface area contributed by atoms with E-state index in [0.29, 0.717) is 0 Å². The maximum absolute atomic E-state index is 11.8. The summed E-state index contributed by atoms with van der Waals surface area (Å²) in [5.41, 5.74) is 3.44. The zero-order valence-corrected chi connectivity index (χ0v) is 14.6. The summed E-state index contributed by atoms with van der Waals surface area (Å²) in [6, 6.07) is 7.86. The first-order chi connectivity index (χ1) is 10.7. The van der Waals surface area contributed by atoms with Crippen molar-refractivity contribution in [2.24, 2.45) is 0 Å². The van der Waals surface area contributed by atoms with Crippen LogP contribution in [-0.4, -0.2) is 16.9 Å². The number of alkyl carbamates (subject to hydrolysis) is 1. The molecule has 1 aromatic carbocycles. The number of hydrogen-bond acceptors (Lipinski definition) is 4. The predicted molar refractivity (Wildman–Crippen MR) is 89.2 cm³/mol. The normalized spacial score (nSPS) is 12.8. The van der Waals surface area contributed by atoms with Crippen molar-refractivity contribution in [3.8, 4) is 11.1 Å². The molecule has 0 aliphatic heterocycles. The van der Waals surface area contributed by atoms with Gasteiger partial charge in [0.25, 0.3) is 0 Å². The second-order valence-electron chi connectivity index (χ2n) is 6.69. The number of carbonyl (C=O) groups excluding carboxylic acids is 1. The highest BCUT2D eigenvalue weighted by Gasteiger charge is 2.18. The van der Waals surface area contributed by atoms with Crippen molar-refractivity contribution < 1.29 is 14.1 Å². The molecule has 0 spiro atoms. The molecule has 0 saturated heterocycles. The highest BCUT2D eigenvalue weighted by molar-refractivity contribution is 5.69. The molecule has 1 heterocycles. The van der Waals surface area contributed by atoms with E-state index in [9.17, 15) is 4.79 Å². The molecule has 0 unspecified atom stereocenters. The molecule has 0 bridgehead atoms. The Bertz CT molecular complexity index is 662. The molecule has 0 aliphatic rings. The molecule has 1 N–H and O–H groups in total. The van der Waals surface area contributed by atoms with E-state index in [1.165, 1.54) is 0 Å². The summed E-state index contributed by atoms with van der Waals surface area (Å²) in [6.45, 7) is 11.3. The van der Waals surface area contributed by atoms with Gasteiger partial charge in [0.1, 0.15) is 11.4 Å². The van der Waals surface area contributed by atoms with Crippen LogP contribution in [0.1, 0.15) is 50.8 Å². The Balaban J connectivity index is 2.09. The van der Waals surface area contributed by atoms with Gasteiger partial charge in [0.15, 0.2) is 0 Å². The minimum absolute atomic E-state index is 0.136. The van der Waals surface area contributed by atoms with Crippen molar-refractivity contribution in [2.75, 3.05) is 0 Å². The molecule has 2 rings (SSSR count). The van der Waals surface area contributed by atoms with Crippen LogP contribution in [0.5, 0.6) is 0 Å². The quantitative estimate of drug-likeness (QED) is 0.902. The number of rotatable bonds is 3. The minimum atomic E-state index is -0.503. The van der Waals surface area contributed by atoms with Crippen LogP contribution < -0.4 is 5.32 Å². The smallest absolute Gasteiger partial charge is 0.408 e. The molecule has 23 heavy (non-hydrogen) atoms. The number of aromatic nitrogens is 1. The van der Waals surface area contributed by atoms with Crippen LogP contribution in [0.3, 0.4) is 0 Å². The van der Waals surface area contributed by atoms with Crippen molar-refractivity contribution in [3.05, 3.63) is 41.3 Å². The van der Waals surface area contributed by atoms with Crippen LogP contribution in [0.4, 0.5) is 4.79 Å². The van der Waals surface area contributed by atoms with Crippen LogP contribution in [0, 0.1) is 13.8 Å². The van der Waals surface area contributed by atoms with E-state index in [-0.39, 0.29) is 6.04 Å². The fourth-order valence-electron chi connectivity index (χ4n) is 2.40. The fraction of sp³-hybridized carbons (Fsp3) is 0.444. The lowest BCUT2D eigenvalue weighted by Gasteiger charge is -2.22. The summed E-state index contributed by atoms with van der Waals surface area (Å²) in [5.74, 6) is 0.801. The largest absolute Gasteiger partial charge is 0.444 e. The van der Waals surface area contributed by atoms with Gasteiger partial charge in [0, 0.05) is 5.56 Å². The van der Waals surface area contributed by atoms with E-state index < -0.39 is 11.7 Å². The van der Waals surface area contributed by atoms with E-state index in [0.717, 1.165) is 28.1 Å². The number of amides is 1. The third kappa shape index (κ3) is 4.34. The van der Waals surface area contributed by atoms with Gasteiger partial charge in [-0.05, 0) is 52.7 Å². The van der Waals surface area contributed by atoms with Crippen molar-refractivity contribution in [1.82, 2.24) is 10.5 Å². The SMILES string of the molecule is Cc1noc(C)c1-c1ccc([C@@H](C)NC(=O)OC(C)(C)C)cc1. The molecule has 5 nitrogen and oxygen atoms in total. The van der Waals surface area contributed by atoms with Crippen molar-refractivity contribution in [3.63, 3.8) is 0 Å². The lowest BCUT2D eigenvalue weighted by atomic mass is 10.0. The number of nitrogens with one attached hydrogen (secondary N) is 1. The third-order valence-corrected chi connectivity index (χ3v) is 3.47. The summed E-state index contributed by atoms with van der Waals surface area (Å²) in [6.07, 6.45) is -0.417. The molecule has 1 atom stereocenters. The number of carbonyl (C=O) groups is 1. The molecule has 1 aromatic heterocycles. The topological polar surface area (TPSA) is 64.4 Å². The monoisotopic (exact) mass is 316 g/mol. The van der Waals surface area contributed by atoms with Gasteiger partial charge in [0.05, 0.1) is 11.7 Å². The highest BCUT2D eigenvalue weighted by Crippen LogP contribution is 2.28. The first-order valence-corrected chi connectivity index (χ1v) is 7.70. The third-order valence-electron chi connectivity index (χ3n) is 3.47. The Labute approximate surface area is 137 Å². The molecule has 5 heteroatoms. The second kappa shape index (κ2) is 6.44. The number of ether oxygens (including phenoxy) is 1. The first kappa shape index (κ1) is 17.1. The molecule has 0 saturated carbocycles. The van der Waals surface area contributed by atoms with E-state index in [1.807, 2.05) is 65.8 Å². The van der Waals surface area contributed by atoms with E-state index in [4.69, 9.17) is 9.26 Å². The Kier molecular flexibility index (Phi) is 4.78. The van der Waals surface area contributed by atoms with Gasteiger partial charge in [0.2, 0.25) is 0 Å². The number of hydrogen-bond donors (Lipinski definition) is 1. The van der Waals surface area contributed by atoms with Crippen LogP contribution in [0.2, 0.25) is 0 Å². The Morgan fingerprint density at radius 3 is 2.30 bits per heavy atom. The summed E-state index contributed by atoms with van der Waals surface area (Å²) in [5, 5.41) is 6.81. The molecule has 0 fully saturated rings. The molecule has 0 aliphatic carbocycles. The molecule has 0 radical (unpaired) electrons. The van der Waals surface area contributed by atoms with Gasteiger partial charge < -0.3 is 14.6 Å². The molecule has 1 amide bonds. The van der Waals surface area contributed by atoms with Gasteiger partial charge in [-0.1, -0.05) is 29.4 Å². The summed E-state index contributed by atoms with van der Waals surface area (Å²) in [4.78, 5) is 11.8. The van der Waals surface area contributed by atoms with Gasteiger partial charge in [-0.3, -0.25) is 0 Å². The Hall–Kier alpha value is -2.30. The summed E-state index contributed by atoms with van der Waals surface area (Å²) in [7, 11) is 0. The molecule has 124 valence electrons. The van der Waals surface area contributed by atoms with E-state index >= 15 is 0 Å². The number of aryl methyl sites for hydroxylation is 2. The van der Waals surface area contributed by atoms with Gasteiger partial charge >= 0.3 is 6.09 Å². The van der Waals surface area contributed by atoms with Gasteiger partial charge in [-0.15, -0.1) is 0 Å². The van der Waals surface area contributed by atoms with Gasteiger partial charge in [-0.25, -0.2) is 4.79 Å². The lowest BCUT2D eigenvalue weighted by Crippen LogP contribution is -2.34. The first-order valence-electron chi connectivity index (χ1n) is 7.70. The minimum Gasteiger partial charge on any atom is -0.444 e. The summed E-state index contributed by atoms with van der Waals surface area (Å²) >= 11 is 0. The van der Waals surface area contributed by atoms with E-state index in [2.05, 4.69) is 10.5 Å². The van der Waals surface area contributed by atoms with Crippen LogP contribution in [0.25, 0.3) is 11.1 Å². The van der Waals surface area contributed by atoms with E-state index in [1.54, 1.807) is 0 Å². The molecule has 2 aromatic rings. The maximum atomic E-state index is 11.8. The average Bonchev–Trinajstić information content (AvgIpc) is 2.76. The predicted octanol–water partition coefficient (Wildman–Crippen LogP) is 4.54. The zero-order valence-electron chi connectivity index (χ0n) is 14.6. The number of benzene rings is 1.